The third kappa shape index (κ3) is 3.76. The van der Waals surface area contributed by atoms with Crippen molar-refractivity contribution in [2.75, 3.05) is 7.11 Å². The second-order valence-corrected chi connectivity index (χ2v) is 6.20. The van der Waals surface area contributed by atoms with Crippen molar-refractivity contribution in [3.05, 3.63) is 35.9 Å². The van der Waals surface area contributed by atoms with E-state index in [0.717, 1.165) is 5.56 Å². The number of β-lactam (4-membered cyclic amide) rings is 1. The number of hydrogen-bond acceptors (Lipinski definition) is 4. The number of nitrogens with one attached hydrogen (secondary N) is 1. The molecule has 0 bridgehead atoms. The van der Waals surface area contributed by atoms with E-state index >= 15 is 0 Å². The van der Waals surface area contributed by atoms with Gasteiger partial charge in [-0.1, -0.05) is 30.3 Å². The molecule has 120 valence electrons. The lowest BCUT2D eigenvalue weighted by Gasteiger charge is -2.45. The summed E-state index contributed by atoms with van der Waals surface area (Å²) in [5.74, 6) is -0.179. The number of ether oxygens (including phenoxy) is 2. The summed E-state index contributed by atoms with van der Waals surface area (Å²) in [6.45, 7) is 5.75. The molecule has 6 heteroatoms. The first kappa shape index (κ1) is 16.3. The van der Waals surface area contributed by atoms with Crippen molar-refractivity contribution in [1.82, 2.24) is 10.2 Å². The molecule has 0 saturated carbocycles. The molecule has 1 fully saturated rings. The van der Waals surface area contributed by atoms with Gasteiger partial charge < -0.3 is 19.7 Å². The summed E-state index contributed by atoms with van der Waals surface area (Å²) in [7, 11) is 1.51. The number of nitrogens with zero attached hydrogens (tertiary/aromatic N) is 1. The maximum atomic E-state index is 12.2. The van der Waals surface area contributed by atoms with Crippen LogP contribution in [-0.2, 0) is 20.8 Å². The van der Waals surface area contributed by atoms with Gasteiger partial charge in [0.25, 0.3) is 5.91 Å². The Morgan fingerprint density at radius 1 is 1.27 bits per heavy atom. The van der Waals surface area contributed by atoms with E-state index in [-0.39, 0.29) is 5.91 Å². The van der Waals surface area contributed by atoms with Crippen LogP contribution in [0.4, 0.5) is 4.79 Å². The zero-order valence-corrected chi connectivity index (χ0v) is 13.3. The lowest BCUT2D eigenvalue weighted by molar-refractivity contribution is -0.180. The van der Waals surface area contributed by atoms with Crippen molar-refractivity contribution >= 4 is 12.0 Å². The molecule has 2 amide bonds. The third-order valence-electron chi connectivity index (χ3n) is 3.25. The first-order chi connectivity index (χ1) is 10.3. The van der Waals surface area contributed by atoms with Crippen LogP contribution >= 0.6 is 0 Å². The molecule has 0 spiro atoms. The Hall–Kier alpha value is -2.08. The average Bonchev–Trinajstić information content (AvgIpc) is 2.44. The van der Waals surface area contributed by atoms with Crippen LogP contribution in [0.3, 0.4) is 0 Å². The molecule has 1 heterocycles. The number of amides is 2. The van der Waals surface area contributed by atoms with Gasteiger partial charge in [-0.15, -0.1) is 0 Å². The van der Waals surface area contributed by atoms with Gasteiger partial charge in [0.1, 0.15) is 5.60 Å². The number of rotatable bonds is 4. The highest BCUT2D eigenvalue weighted by molar-refractivity contribution is 5.91. The number of likely N-dealkylation sites (tertiary alicyclic amines) is 1. The monoisotopic (exact) mass is 306 g/mol. The second-order valence-electron chi connectivity index (χ2n) is 6.20. The summed E-state index contributed by atoms with van der Waals surface area (Å²) in [6.07, 6.45) is -1.10. The molecule has 2 rings (SSSR count). The first-order valence-corrected chi connectivity index (χ1v) is 7.18. The van der Waals surface area contributed by atoms with Crippen molar-refractivity contribution in [2.45, 2.75) is 45.2 Å². The Labute approximate surface area is 130 Å². The Kier molecular flexibility index (Phi) is 4.71. The van der Waals surface area contributed by atoms with Gasteiger partial charge in [-0.25, -0.2) is 4.79 Å². The molecule has 1 aliphatic heterocycles. The summed E-state index contributed by atoms with van der Waals surface area (Å²) < 4.78 is 10.5. The molecular weight excluding hydrogens is 284 g/mol. The molecule has 1 N–H and O–H groups in total. The Morgan fingerprint density at radius 2 is 1.91 bits per heavy atom. The van der Waals surface area contributed by atoms with E-state index in [0.29, 0.717) is 6.54 Å². The van der Waals surface area contributed by atoms with Crippen LogP contribution < -0.4 is 5.32 Å². The Morgan fingerprint density at radius 3 is 2.45 bits per heavy atom. The number of hydrogen-bond donors (Lipinski definition) is 1. The van der Waals surface area contributed by atoms with Crippen LogP contribution in [0.15, 0.2) is 30.3 Å². The lowest BCUT2D eigenvalue weighted by Crippen LogP contribution is -2.71. The van der Waals surface area contributed by atoms with Crippen molar-refractivity contribution in [3.63, 3.8) is 0 Å². The Balaban J connectivity index is 1.95. The van der Waals surface area contributed by atoms with E-state index in [2.05, 4.69) is 5.32 Å². The molecule has 1 aromatic carbocycles. The van der Waals surface area contributed by atoms with Gasteiger partial charge in [0, 0.05) is 13.7 Å². The highest BCUT2D eigenvalue weighted by Gasteiger charge is 2.49. The van der Waals surface area contributed by atoms with Gasteiger partial charge in [-0.3, -0.25) is 4.79 Å². The minimum absolute atomic E-state index is 0.179. The summed E-state index contributed by atoms with van der Waals surface area (Å²) in [5.41, 5.74) is 0.400. The largest absolute Gasteiger partial charge is 0.444 e. The number of benzene rings is 1. The zero-order chi connectivity index (χ0) is 16.3. The fraction of sp³-hybridized carbons (Fsp3) is 0.500. The Bertz CT molecular complexity index is 539. The predicted octanol–water partition coefficient (Wildman–Crippen LogP) is 1.89. The summed E-state index contributed by atoms with van der Waals surface area (Å²) in [5, 5.41) is 2.56. The minimum Gasteiger partial charge on any atom is -0.444 e. The third-order valence-corrected chi connectivity index (χ3v) is 3.25. The number of carbonyl (C=O) groups is 2. The van der Waals surface area contributed by atoms with Crippen molar-refractivity contribution in [1.29, 1.82) is 0 Å². The number of alkyl carbamates (subject to hydrolysis) is 1. The minimum atomic E-state index is -0.705. The fourth-order valence-electron chi connectivity index (χ4n) is 2.30. The lowest BCUT2D eigenvalue weighted by atomic mass is 10.0. The number of carbonyl (C=O) groups excluding carboxylic acids is 2. The predicted molar refractivity (Wildman–Crippen MR) is 80.9 cm³/mol. The molecule has 1 aromatic rings. The molecule has 2 atom stereocenters. The van der Waals surface area contributed by atoms with Crippen LogP contribution in [0.5, 0.6) is 0 Å². The molecule has 22 heavy (non-hydrogen) atoms. The van der Waals surface area contributed by atoms with Crippen LogP contribution in [0.1, 0.15) is 26.3 Å². The molecular formula is C16H22N2O4. The molecule has 0 aromatic heterocycles. The van der Waals surface area contributed by atoms with Gasteiger partial charge in [-0.2, -0.15) is 0 Å². The van der Waals surface area contributed by atoms with Gasteiger partial charge in [0.2, 0.25) is 0 Å². The van der Waals surface area contributed by atoms with Crippen LogP contribution in [0, 0.1) is 0 Å². The van der Waals surface area contributed by atoms with Crippen molar-refractivity contribution < 1.29 is 19.1 Å². The van der Waals surface area contributed by atoms with E-state index in [4.69, 9.17) is 9.47 Å². The number of methoxy groups -OCH3 is 1. The molecule has 1 unspecified atom stereocenters. The van der Waals surface area contributed by atoms with Crippen molar-refractivity contribution in [3.8, 4) is 0 Å². The molecule has 0 aliphatic carbocycles. The molecule has 1 aliphatic rings. The molecule has 0 radical (unpaired) electrons. The van der Waals surface area contributed by atoms with Crippen LogP contribution in [0.2, 0.25) is 0 Å². The average molecular weight is 306 g/mol. The maximum Gasteiger partial charge on any atom is 0.408 e. The van der Waals surface area contributed by atoms with Crippen LogP contribution in [0.25, 0.3) is 0 Å². The molecule has 6 nitrogen and oxygen atoms in total. The smallest absolute Gasteiger partial charge is 0.408 e. The molecule has 1 saturated heterocycles. The van der Waals surface area contributed by atoms with E-state index in [1.54, 1.807) is 25.7 Å². The van der Waals surface area contributed by atoms with Gasteiger partial charge in [0.15, 0.2) is 12.3 Å². The standard InChI is InChI=1S/C16H22N2O4/c1-16(2,3)22-15(20)17-12-13(19)18(14(12)21-4)10-11-8-6-5-7-9-11/h5-9,12,14H,10H2,1-4H3,(H,17,20)/t12-,14?/m1/s1. The van der Waals surface area contributed by atoms with Crippen molar-refractivity contribution in [2.24, 2.45) is 0 Å². The highest BCUT2D eigenvalue weighted by Crippen LogP contribution is 2.24. The van der Waals surface area contributed by atoms with E-state index in [9.17, 15) is 9.59 Å². The van der Waals surface area contributed by atoms with Gasteiger partial charge in [0.05, 0.1) is 0 Å². The maximum absolute atomic E-state index is 12.2. The first-order valence-electron chi connectivity index (χ1n) is 7.18. The topological polar surface area (TPSA) is 67.9 Å². The van der Waals surface area contributed by atoms with Crippen LogP contribution in [-0.4, -0.2) is 41.9 Å². The highest BCUT2D eigenvalue weighted by atomic mass is 16.6. The van der Waals surface area contributed by atoms with Gasteiger partial charge in [-0.05, 0) is 26.3 Å². The SMILES string of the molecule is COC1[C@H](NC(=O)OC(C)(C)C)C(=O)N1Cc1ccccc1. The summed E-state index contributed by atoms with van der Waals surface area (Å²) in [4.78, 5) is 25.6. The second kappa shape index (κ2) is 6.36. The van der Waals surface area contributed by atoms with E-state index in [1.165, 1.54) is 7.11 Å². The summed E-state index contributed by atoms with van der Waals surface area (Å²) in [6, 6.07) is 8.92. The fourth-order valence-corrected chi connectivity index (χ4v) is 2.30. The van der Waals surface area contributed by atoms with E-state index in [1.807, 2.05) is 30.3 Å². The zero-order valence-electron chi connectivity index (χ0n) is 13.3. The van der Waals surface area contributed by atoms with E-state index < -0.39 is 24.0 Å². The van der Waals surface area contributed by atoms with Gasteiger partial charge >= 0.3 is 6.09 Å². The summed E-state index contributed by atoms with van der Waals surface area (Å²) >= 11 is 0. The quantitative estimate of drug-likeness (QED) is 0.863. The normalized spacial score (nSPS) is 21.3.